The molecular weight excluding hydrogens is 332 g/mol. The van der Waals surface area contributed by atoms with Crippen molar-refractivity contribution in [1.82, 2.24) is 4.90 Å². The first kappa shape index (κ1) is 20.1. The Morgan fingerprint density at radius 3 is 1.92 bits per heavy atom. The minimum Gasteiger partial charge on any atom is -0.342 e. The first-order valence-corrected chi connectivity index (χ1v) is 9.45. The van der Waals surface area contributed by atoms with E-state index >= 15 is 0 Å². The van der Waals surface area contributed by atoms with Crippen LogP contribution in [0, 0.1) is 17.6 Å². The van der Waals surface area contributed by atoms with Crippen molar-refractivity contribution in [2.24, 2.45) is 5.92 Å². The van der Waals surface area contributed by atoms with Crippen LogP contribution in [0.1, 0.15) is 39.5 Å². The molecule has 1 amide bonds. The minimum atomic E-state index is -0.531. The number of rotatable bonds is 2. The van der Waals surface area contributed by atoms with Gasteiger partial charge in [0.15, 0.2) is 0 Å². The molecule has 2 aliphatic rings. The van der Waals surface area contributed by atoms with Gasteiger partial charge in [0, 0.05) is 19.0 Å². The van der Waals surface area contributed by atoms with Crippen molar-refractivity contribution in [3.8, 4) is 11.1 Å². The van der Waals surface area contributed by atoms with Crippen LogP contribution in [-0.4, -0.2) is 23.9 Å². The van der Waals surface area contributed by atoms with Gasteiger partial charge in [0.05, 0.1) is 5.56 Å². The largest absolute Gasteiger partial charge is 0.342 e. The fraction of sp³-hybridized carbons (Fsp3) is 0.409. The maximum absolute atomic E-state index is 13.3. The monoisotopic (exact) mass is 359 g/mol. The number of hydrogen-bond donors (Lipinski definition) is 0. The van der Waals surface area contributed by atoms with Crippen molar-refractivity contribution in [2.45, 2.75) is 39.5 Å². The molecule has 1 saturated carbocycles. The van der Waals surface area contributed by atoms with E-state index in [-0.39, 0.29) is 5.56 Å². The van der Waals surface area contributed by atoms with E-state index in [4.69, 9.17) is 0 Å². The molecule has 2 fully saturated rings. The van der Waals surface area contributed by atoms with Crippen LogP contribution >= 0.6 is 0 Å². The number of benzene rings is 2. The molecule has 0 spiro atoms. The Morgan fingerprint density at radius 1 is 0.885 bits per heavy atom. The highest BCUT2D eigenvalue weighted by Crippen LogP contribution is 2.32. The second-order valence-electron chi connectivity index (χ2n) is 6.27. The Hall–Kier alpha value is -2.23. The van der Waals surface area contributed by atoms with Gasteiger partial charge in [-0.1, -0.05) is 50.2 Å². The predicted octanol–water partition coefficient (Wildman–Crippen LogP) is 5.68. The number of amides is 1. The number of carbonyl (C=O) groups is 1. The first-order chi connectivity index (χ1) is 12.7. The molecule has 1 saturated heterocycles. The molecule has 1 aliphatic carbocycles. The zero-order valence-electron chi connectivity index (χ0n) is 15.6. The van der Waals surface area contributed by atoms with Crippen molar-refractivity contribution >= 4 is 5.91 Å². The molecule has 2 aromatic rings. The van der Waals surface area contributed by atoms with Gasteiger partial charge >= 0.3 is 0 Å². The zero-order valence-corrected chi connectivity index (χ0v) is 15.6. The summed E-state index contributed by atoms with van der Waals surface area (Å²) in [5, 5.41) is 0. The minimum absolute atomic E-state index is 0.0353. The van der Waals surface area contributed by atoms with E-state index in [0.717, 1.165) is 25.9 Å². The third-order valence-corrected chi connectivity index (χ3v) is 4.37. The third-order valence-electron chi connectivity index (χ3n) is 4.37. The second kappa shape index (κ2) is 10.0. The van der Waals surface area contributed by atoms with Crippen molar-refractivity contribution in [1.29, 1.82) is 0 Å². The lowest BCUT2D eigenvalue weighted by atomic mass is 10.0. The van der Waals surface area contributed by atoms with E-state index in [0.29, 0.717) is 17.4 Å². The highest BCUT2D eigenvalue weighted by molar-refractivity contribution is 5.81. The van der Waals surface area contributed by atoms with Crippen molar-refractivity contribution < 1.29 is 13.6 Å². The summed E-state index contributed by atoms with van der Waals surface area (Å²) in [6, 6.07) is 12.5. The summed E-state index contributed by atoms with van der Waals surface area (Å²) in [5.74, 6) is -0.206. The fourth-order valence-electron chi connectivity index (χ4n) is 2.90. The van der Waals surface area contributed by atoms with Crippen molar-refractivity contribution in [2.75, 3.05) is 13.1 Å². The smallest absolute Gasteiger partial charge is 0.225 e. The van der Waals surface area contributed by atoms with Crippen LogP contribution in [0.5, 0.6) is 0 Å². The maximum Gasteiger partial charge on any atom is 0.225 e. The summed E-state index contributed by atoms with van der Waals surface area (Å²) in [7, 11) is 0. The predicted molar refractivity (Wildman–Crippen MR) is 102 cm³/mol. The lowest BCUT2D eigenvalue weighted by molar-refractivity contribution is -0.131. The number of likely N-dealkylation sites (tertiary alicyclic amines) is 1. The summed E-state index contributed by atoms with van der Waals surface area (Å²) in [4.78, 5) is 13.4. The molecular formula is C22H27F2NO. The molecule has 0 radical (unpaired) electrons. The second-order valence-corrected chi connectivity index (χ2v) is 6.27. The van der Waals surface area contributed by atoms with Crippen LogP contribution in [0.25, 0.3) is 11.1 Å². The van der Waals surface area contributed by atoms with Gasteiger partial charge in [-0.25, -0.2) is 8.78 Å². The molecule has 2 nitrogen and oxygen atoms in total. The number of halogens is 2. The average Bonchev–Trinajstić information content (AvgIpc) is 3.38. The summed E-state index contributed by atoms with van der Waals surface area (Å²) in [5.41, 5.74) is 0.594. The van der Waals surface area contributed by atoms with Gasteiger partial charge in [0.25, 0.3) is 0 Å². The molecule has 0 unspecified atom stereocenters. The zero-order chi connectivity index (χ0) is 18.9. The molecule has 140 valence electrons. The Morgan fingerprint density at radius 2 is 1.42 bits per heavy atom. The molecule has 0 aromatic heterocycles. The third kappa shape index (κ3) is 5.38. The van der Waals surface area contributed by atoms with Gasteiger partial charge in [-0.15, -0.1) is 0 Å². The molecule has 1 aliphatic heterocycles. The topological polar surface area (TPSA) is 20.3 Å². The van der Waals surface area contributed by atoms with E-state index in [1.165, 1.54) is 31.0 Å². The maximum atomic E-state index is 13.3. The van der Waals surface area contributed by atoms with Crippen LogP contribution in [-0.2, 0) is 4.79 Å². The van der Waals surface area contributed by atoms with E-state index < -0.39 is 11.6 Å². The highest BCUT2D eigenvalue weighted by atomic mass is 19.1. The van der Waals surface area contributed by atoms with Gasteiger partial charge < -0.3 is 4.90 Å². The molecule has 0 N–H and O–H groups in total. The summed E-state index contributed by atoms with van der Waals surface area (Å²) in [6.45, 7) is 6.05. The molecule has 0 atom stereocenters. The average molecular weight is 359 g/mol. The van der Waals surface area contributed by atoms with Crippen molar-refractivity contribution in [3.05, 3.63) is 60.2 Å². The van der Waals surface area contributed by atoms with E-state index in [9.17, 15) is 13.6 Å². The fourth-order valence-corrected chi connectivity index (χ4v) is 2.90. The highest BCUT2D eigenvalue weighted by Gasteiger charge is 2.34. The Balaban J connectivity index is 0.000000178. The first-order valence-electron chi connectivity index (χ1n) is 9.45. The van der Waals surface area contributed by atoms with Gasteiger partial charge in [-0.05, 0) is 43.4 Å². The lowest BCUT2D eigenvalue weighted by Gasteiger charge is -2.13. The van der Waals surface area contributed by atoms with Crippen molar-refractivity contribution in [3.63, 3.8) is 0 Å². The Kier molecular flexibility index (Phi) is 7.76. The van der Waals surface area contributed by atoms with Crippen LogP contribution in [0.15, 0.2) is 48.5 Å². The molecule has 2 aromatic carbocycles. The quantitative estimate of drug-likeness (QED) is 0.676. The van der Waals surface area contributed by atoms with Gasteiger partial charge in [-0.3, -0.25) is 4.79 Å². The molecule has 4 heteroatoms. The number of carbonyl (C=O) groups excluding carboxylic acids is 1. The SMILES string of the molecule is CC.Fc1cccc(F)c1-c1ccccc1.O=C(C1CC1)N1CCCC1. The summed E-state index contributed by atoms with van der Waals surface area (Å²) >= 11 is 0. The van der Waals surface area contributed by atoms with Crippen LogP contribution in [0.3, 0.4) is 0 Å². The molecule has 1 heterocycles. The summed E-state index contributed by atoms with van der Waals surface area (Å²) < 4.78 is 26.6. The van der Waals surface area contributed by atoms with Crippen LogP contribution in [0.2, 0.25) is 0 Å². The molecule has 0 bridgehead atoms. The lowest BCUT2D eigenvalue weighted by Crippen LogP contribution is -2.28. The van der Waals surface area contributed by atoms with Gasteiger partial charge in [0.2, 0.25) is 5.91 Å². The standard InChI is InChI=1S/C12H8F2.C8H13NO.C2H6/c13-10-7-4-8-11(14)12(10)9-5-2-1-3-6-9;10-8(7-3-4-7)9-5-1-2-6-9;1-2/h1-8H;7H,1-6H2;1-2H3. The molecule has 4 rings (SSSR count). The van der Waals surface area contributed by atoms with E-state index in [1.807, 2.05) is 24.8 Å². The number of hydrogen-bond acceptors (Lipinski definition) is 1. The van der Waals surface area contributed by atoms with E-state index in [1.54, 1.807) is 24.3 Å². The van der Waals surface area contributed by atoms with Crippen LogP contribution < -0.4 is 0 Å². The van der Waals surface area contributed by atoms with Gasteiger partial charge in [-0.2, -0.15) is 0 Å². The Labute approximate surface area is 154 Å². The van der Waals surface area contributed by atoms with E-state index in [2.05, 4.69) is 0 Å². The van der Waals surface area contributed by atoms with Crippen LogP contribution in [0.4, 0.5) is 8.78 Å². The molecule has 26 heavy (non-hydrogen) atoms. The normalized spacial score (nSPS) is 15.5. The van der Waals surface area contributed by atoms with Gasteiger partial charge in [0.1, 0.15) is 11.6 Å². The summed E-state index contributed by atoms with van der Waals surface area (Å²) in [6.07, 6.45) is 4.74. The number of nitrogens with zero attached hydrogens (tertiary/aromatic N) is 1. The Bertz CT molecular complexity index is 672.